The number of carbonyl (C=O) groups is 1. The molecular formula is C27H53NO3. The Balaban J connectivity index is 2.03. The van der Waals surface area contributed by atoms with Crippen LogP contribution in [0.5, 0.6) is 0 Å². The van der Waals surface area contributed by atoms with Gasteiger partial charge in [0.05, 0.1) is 6.61 Å². The molecule has 4 nitrogen and oxygen atoms in total. The van der Waals surface area contributed by atoms with E-state index in [4.69, 9.17) is 4.74 Å². The summed E-state index contributed by atoms with van der Waals surface area (Å²) in [5, 5.41) is 9.31. The largest absolute Gasteiger partial charge is 0.462 e. The van der Waals surface area contributed by atoms with Gasteiger partial charge in [-0.1, -0.05) is 78.1 Å². The Morgan fingerprint density at radius 1 is 0.774 bits per heavy atom. The molecule has 1 aliphatic carbocycles. The van der Waals surface area contributed by atoms with Crippen LogP contribution < -0.4 is 0 Å². The minimum absolute atomic E-state index is 0.00808. The number of ether oxygens (including phenoxy) is 1. The van der Waals surface area contributed by atoms with Gasteiger partial charge in [0.1, 0.15) is 6.10 Å². The highest BCUT2D eigenvalue weighted by Crippen LogP contribution is 2.30. The zero-order valence-electron chi connectivity index (χ0n) is 20.9. The topological polar surface area (TPSA) is 49.8 Å². The fourth-order valence-corrected chi connectivity index (χ4v) is 4.84. The van der Waals surface area contributed by atoms with Crippen molar-refractivity contribution in [2.45, 2.75) is 136 Å². The second kappa shape index (κ2) is 20.0. The molecule has 0 radical (unpaired) electrons. The van der Waals surface area contributed by atoms with E-state index >= 15 is 0 Å². The maximum atomic E-state index is 12.2. The van der Waals surface area contributed by atoms with E-state index in [2.05, 4.69) is 18.7 Å². The van der Waals surface area contributed by atoms with E-state index in [1.54, 1.807) is 0 Å². The highest BCUT2D eigenvalue weighted by molar-refractivity contribution is 5.69. The van der Waals surface area contributed by atoms with Crippen molar-refractivity contribution in [1.29, 1.82) is 0 Å². The molecule has 1 fully saturated rings. The van der Waals surface area contributed by atoms with E-state index in [-0.39, 0.29) is 18.7 Å². The van der Waals surface area contributed by atoms with Crippen molar-refractivity contribution in [1.82, 2.24) is 4.90 Å². The number of esters is 1. The van der Waals surface area contributed by atoms with Crippen molar-refractivity contribution >= 4 is 5.97 Å². The molecule has 184 valence electrons. The molecule has 0 unspecified atom stereocenters. The van der Waals surface area contributed by atoms with Gasteiger partial charge in [-0.15, -0.1) is 0 Å². The lowest BCUT2D eigenvalue weighted by molar-refractivity contribution is -0.151. The van der Waals surface area contributed by atoms with E-state index in [0.29, 0.717) is 6.42 Å². The lowest BCUT2D eigenvalue weighted by Crippen LogP contribution is -2.29. The molecule has 4 heteroatoms. The van der Waals surface area contributed by atoms with Gasteiger partial charge in [0.15, 0.2) is 0 Å². The average Bonchev–Trinajstić information content (AvgIpc) is 2.77. The fourth-order valence-electron chi connectivity index (χ4n) is 4.84. The van der Waals surface area contributed by atoms with Crippen LogP contribution in [0.15, 0.2) is 0 Å². The quantitative estimate of drug-likeness (QED) is 0.166. The Morgan fingerprint density at radius 2 is 1.35 bits per heavy atom. The number of hydrogen-bond donors (Lipinski definition) is 1. The molecule has 0 heterocycles. The van der Waals surface area contributed by atoms with E-state index in [0.717, 1.165) is 57.7 Å². The summed E-state index contributed by atoms with van der Waals surface area (Å²) in [7, 11) is 0. The summed E-state index contributed by atoms with van der Waals surface area (Å²) < 4.78 is 5.74. The maximum Gasteiger partial charge on any atom is 0.306 e. The standard InChI is InChI=1S/C27H53NO3/c1-3-5-7-8-9-13-21-28(23-24-29)22-14-10-12-16-27(30)31-26-19-17-25(18-20-26)15-11-6-4-2/h25-26,29H,3-24H2,1-2H3. The van der Waals surface area contributed by atoms with E-state index in [1.165, 1.54) is 77.0 Å². The van der Waals surface area contributed by atoms with Crippen LogP contribution in [0.25, 0.3) is 0 Å². The fraction of sp³-hybridized carbons (Fsp3) is 0.963. The van der Waals surface area contributed by atoms with Crippen molar-refractivity contribution in [3.05, 3.63) is 0 Å². The van der Waals surface area contributed by atoms with Crippen molar-refractivity contribution in [2.24, 2.45) is 5.92 Å². The lowest BCUT2D eigenvalue weighted by Gasteiger charge is -2.28. The predicted molar refractivity (Wildman–Crippen MR) is 131 cm³/mol. The molecule has 31 heavy (non-hydrogen) atoms. The first-order chi connectivity index (χ1) is 15.2. The Bertz CT molecular complexity index is 407. The summed E-state index contributed by atoms with van der Waals surface area (Å²) in [4.78, 5) is 14.6. The first-order valence-corrected chi connectivity index (χ1v) is 13.7. The third-order valence-corrected chi connectivity index (χ3v) is 6.91. The molecule has 0 spiro atoms. The molecule has 0 aromatic rings. The van der Waals surface area contributed by atoms with Gasteiger partial charge in [-0.3, -0.25) is 4.79 Å². The minimum Gasteiger partial charge on any atom is -0.462 e. The zero-order chi connectivity index (χ0) is 22.6. The summed E-state index contributed by atoms with van der Waals surface area (Å²) >= 11 is 0. The van der Waals surface area contributed by atoms with Gasteiger partial charge in [0.25, 0.3) is 0 Å². The molecular weight excluding hydrogens is 386 g/mol. The van der Waals surface area contributed by atoms with Crippen LogP contribution in [0.1, 0.15) is 129 Å². The Hall–Kier alpha value is -0.610. The molecule has 1 rings (SSSR count). The van der Waals surface area contributed by atoms with Crippen LogP contribution in [0.2, 0.25) is 0 Å². The zero-order valence-corrected chi connectivity index (χ0v) is 20.9. The molecule has 0 amide bonds. The lowest BCUT2D eigenvalue weighted by atomic mass is 9.84. The SMILES string of the molecule is CCCCCCCCN(CCO)CCCCCC(=O)OC1CCC(CCCCC)CC1. The van der Waals surface area contributed by atoms with Gasteiger partial charge in [0.2, 0.25) is 0 Å². The van der Waals surface area contributed by atoms with Crippen LogP contribution in [0.4, 0.5) is 0 Å². The van der Waals surface area contributed by atoms with Crippen molar-refractivity contribution in [2.75, 3.05) is 26.2 Å². The molecule has 0 saturated heterocycles. The maximum absolute atomic E-state index is 12.2. The Morgan fingerprint density at radius 3 is 2.00 bits per heavy atom. The van der Waals surface area contributed by atoms with Crippen LogP contribution in [-0.4, -0.2) is 48.3 Å². The monoisotopic (exact) mass is 439 g/mol. The highest BCUT2D eigenvalue weighted by atomic mass is 16.5. The van der Waals surface area contributed by atoms with Gasteiger partial charge in [-0.05, 0) is 64.0 Å². The van der Waals surface area contributed by atoms with Crippen LogP contribution in [0, 0.1) is 5.92 Å². The molecule has 1 aliphatic rings. The number of carbonyl (C=O) groups excluding carboxylic acids is 1. The number of aliphatic hydroxyl groups is 1. The van der Waals surface area contributed by atoms with E-state index in [1.807, 2.05) is 0 Å². The number of nitrogens with zero attached hydrogens (tertiary/aromatic N) is 1. The summed E-state index contributed by atoms with van der Waals surface area (Å²) in [6.07, 6.45) is 21.7. The van der Waals surface area contributed by atoms with Crippen molar-refractivity contribution in [3.63, 3.8) is 0 Å². The third kappa shape index (κ3) is 15.8. The predicted octanol–water partition coefficient (Wildman–Crippen LogP) is 6.88. The normalized spacial score (nSPS) is 19.1. The number of aliphatic hydroxyl groups excluding tert-OH is 1. The molecule has 0 aromatic heterocycles. The summed E-state index contributed by atoms with van der Waals surface area (Å²) in [5.41, 5.74) is 0. The highest BCUT2D eigenvalue weighted by Gasteiger charge is 2.23. The number of hydrogen-bond acceptors (Lipinski definition) is 4. The number of unbranched alkanes of at least 4 members (excludes halogenated alkanes) is 9. The van der Waals surface area contributed by atoms with E-state index < -0.39 is 0 Å². The Kier molecular flexibility index (Phi) is 18.4. The van der Waals surface area contributed by atoms with Crippen molar-refractivity contribution in [3.8, 4) is 0 Å². The van der Waals surface area contributed by atoms with Crippen LogP contribution in [0.3, 0.4) is 0 Å². The first kappa shape index (κ1) is 28.4. The van der Waals surface area contributed by atoms with E-state index in [9.17, 15) is 9.90 Å². The van der Waals surface area contributed by atoms with Crippen LogP contribution >= 0.6 is 0 Å². The number of rotatable bonds is 20. The van der Waals surface area contributed by atoms with Gasteiger partial charge >= 0.3 is 5.97 Å². The smallest absolute Gasteiger partial charge is 0.306 e. The molecule has 1 N–H and O–H groups in total. The molecule has 0 aliphatic heterocycles. The van der Waals surface area contributed by atoms with Gasteiger partial charge < -0.3 is 14.7 Å². The molecule has 0 aromatic carbocycles. The summed E-state index contributed by atoms with van der Waals surface area (Å²) in [6, 6.07) is 0. The third-order valence-electron chi connectivity index (χ3n) is 6.91. The Labute approximate surface area is 193 Å². The first-order valence-electron chi connectivity index (χ1n) is 13.7. The van der Waals surface area contributed by atoms with Gasteiger partial charge in [0, 0.05) is 13.0 Å². The molecule has 1 saturated carbocycles. The second-order valence-electron chi connectivity index (χ2n) is 9.77. The average molecular weight is 440 g/mol. The summed E-state index contributed by atoms with van der Waals surface area (Å²) in [6.45, 7) is 7.66. The minimum atomic E-state index is 0.00808. The van der Waals surface area contributed by atoms with Gasteiger partial charge in [-0.25, -0.2) is 0 Å². The van der Waals surface area contributed by atoms with Crippen LogP contribution in [-0.2, 0) is 9.53 Å². The molecule has 0 bridgehead atoms. The van der Waals surface area contributed by atoms with Crippen molar-refractivity contribution < 1.29 is 14.6 Å². The summed E-state index contributed by atoms with van der Waals surface area (Å²) in [5.74, 6) is 0.869. The second-order valence-corrected chi connectivity index (χ2v) is 9.77. The van der Waals surface area contributed by atoms with Gasteiger partial charge in [-0.2, -0.15) is 0 Å². The molecule has 0 atom stereocenters.